The SMILES string of the molecule is CCCN(C)c1ccccc1C(C)=O. The molecule has 0 aromatic heterocycles. The second-order valence-electron chi connectivity index (χ2n) is 3.49. The van der Waals surface area contributed by atoms with Gasteiger partial charge in [0.15, 0.2) is 5.78 Å². The van der Waals surface area contributed by atoms with Crippen LogP contribution in [0.25, 0.3) is 0 Å². The van der Waals surface area contributed by atoms with Crippen LogP contribution in [0, 0.1) is 0 Å². The van der Waals surface area contributed by atoms with E-state index in [4.69, 9.17) is 0 Å². The van der Waals surface area contributed by atoms with E-state index in [2.05, 4.69) is 11.8 Å². The number of nitrogens with zero attached hydrogens (tertiary/aromatic N) is 1. The van der Waals surface area contributed by atoms with Gasteiger partial charge in [0.05, 0.1) is 0 Å². The van der Waals surface area contributed by atoms with Crippen molar-refractivity contribution in [2.75, 3.05) is 18.5 Å². The van der Waals surface area contributed by atoms with E-state index in [1.807, 2.05) is 31.3 Å². The van der Waals surface area contributed by atoms with Gasteiger partial charge in [-0.2, -0.15) is 0 Å². The number of para-hydroxylation sites is 1. The lowest BCUT2D eigenvalue weighted by atomic mass is 10.1. The fourth-order valence-electron chi connectivity index (χ4n) is 1.56. The Morgan fingerprint density at radius 1 is 1.36 bits per heavy atom. The maximum atomic E-state index is 11.3. The van der Waals surface area contributed by atoms with Crippen LogP contribution in [0.2, 0.25) is 0 Å². The highest BCUT2D eigenvalue weighted by Crippen LogP contribution is 2.19. The first-order chi connectivity index (χ1) is 6.66. The molecule has 0 heterocycles. The molecule has 2 nitrogen and oxygen atoms in total. The number of Topliss-reactive ketones (excluding diaryl/α,β-unsaturated/α-hetero) is 1. The van der Waals surface area contributed by atoms with Gasteiger partial charge in [-0.15, -0.1) is 0 Å². The minimum atomic E-state index is 0.128. The summed E-state index contributed by atoms with van der Waals surface area (Å²) < 4.78 is 0. The number of carbonyl (C=O) groups is 1. The molecule has 0 bridgehead atoms. The van der Waals surface area contributed by atoms with Crippen LogP contribution in [0.4, 0.5) is 5.69 Å². The molecule has 1 aromatic carbocycles. The molecule has 2 heteroatoms. The molecular formula is C12H17NO. The maximum absolute atomic E-state index is 11.3. The molecule has 0 unspecified atom stereocenters. The summed E-state index contributed by atoms with van der Waals surface area (Å²) in [6.45, 7) is 4.72. The number of rotatable bonds is 4. The van der Waals surface area contributed by atoms with Gasteiger partial charge in [0.25, 0.3) is 0 Å². The summed E-state index contributed by atoms with van der Waals surface area (Å²) in [4.78, 5) is 13.5. The minimum Gasteiger partial charge on any atom is -0.374 e. The van der Waals surface area contributed by atoms with Crippen LogP contribution in [-0.2, 0) is 0 Å². The summed E-state index contributed by atoms with van der Waals surface area (Å²) in [7, 11) is 2.02. The molecule has 0 amide bonds. The summed E-state index contributed by atoms with van der Waals surface area (Å²) >= 11 is 0. The molecule has 0 aliphatic heterocycles. The number of hydrogen-bond acceptors (Lipinski definition) is 2. The molecule has 0 saturated heterocycles. The Kier molecular flexibility index (Phi) is 3.69. The van der Waals surface area contributed by atoms with Crippen molar-refractivity contribution in [2.24, 2.45) is 0 Å². The first-order valence-corrected chi connectivity index (χ1v) is 4.98. The average molecular weight is 191 g/mol. The van der Waals surface area contributed by atoms with E-state index in [9.17, 15) is 4.79 Å². The summed E-state index contributed by atoms with van der Waals surface area (Å²) in [5.41, 5.74) is 1.84. The normalized spacial score (nSPS) is 9.93. The fourth-order valence-corrected chi connectivity index (χ4v) is 1.56. The molecule has 0 N–H and O–H groups in total. The molecule has 0 saturated carbocycles. The molecule has 76 valence electrons. The van der Waals surface area contributed by atoms with Gasteiger partial charge in [0.2, 0.25) is 0 Å². The van der Waals surface area contributed by atoms with Crippen LogP contribution in [0.5, 0.6) is 0 Å². The molecule has 0 fully saturated rings. The Morgan fingerprint density at radius 2 is 2.00 bits per heavy atom. The summed E-state index contributed by atoms with van der Waals surface area (Å²) in [5.74, 6) is 0.128. The van der Waals surface area contributed by atoms with Crippen LogP contribution < -0.4 is 4.90 Å². The van der Waals surface area contributed by atoms with Gasteiger partial charge in [0.1, 0.15) is 0 Å². The lowest BCUT2D eigenvalue weighted by Crippen LogP contribution is -2.20. The highest BCUT2D eigenvalue weighted by molar-refractivity contribution is 5.99. The van der Waals surface area contributed by atoms with E-state index >= 15 is 0 Å². The summed E-state index contributed by atoms with van der Waals surface area (Å²) in [6.07, 6.45) is 1.09. The van der Waals surface area contributed by atoms with Gasteiger partial charge in [-0.05, 0) is 25.5 Å². The highest BCUT2D eigenvalue weighted by Gasteiger charge is 2.08. The quantitative estimate of drug-likeness (QED) is 0.682. The van der Waals surface area contributed by atoms with Crippen molar-refractivity contribution in [1.82, 2.24) is 0 Å². The largest absolute Gasteiger partial charge is 0.374 e. The second-order valence-corrected chi connectivity index (χ2v) is 3.49. The van der Waals surface area contributed by atoms with E-state index in [-0.39, 0.29) is 5.78 Å². The number of hydrogen-bond donors (Lipinski definition) is 0. The topological polar surface area (TPSA) is 20.3 Å². The smallest absolute Gasteiger partial charge is 0.161 e. The van der Waals surface area contributed by atoms with E-state index in [1.165, 1.54) is 0 Å². The van der Waals surface area contributed by atoms with Crippen molar-refractivity contribution < 1.29 is 4.79 Å². The first-order valence-electron chi connectivity index (χ1n) is 4.98. The molecule has 0 aliphatic rings. The number of anilines is 1. The van der Waals surface area contributed by atoms with Crippen LogP contribution in [0.3, 0.4) is 0 Å². The molecule has 1 aromatic rings. The van der Waals surface area contributed by atoms with Gasteiger partial charge < -0.3 is 4.90 Å². The standard InChI is InChI=1S/C12H17NO/c1-4-9-13(3)12-8-6-5-7-11(12)10(2)14/h5-8H,4,9H2,1-3H3. The maximum Gasteiger partial charge on any atom is 0.161 e. The van der Waals surface area contributed by atoms with Crippen LogP contribution >= 0.6 is 0 Å². The molecule has 0 radical (unpaired) electrons. The zero-order valence-electron chi connectivity index (χ0n) is 9.08. The first kappa shape index (κ1) is 10.8. The van der Waals surface area contributed by atoms with Gasteiger partial charge in [0, 0.05) is 24.8 Å². The third-order valence-electron chi connectivity index (χ3n) is 2.25. The van der Waals surface area contributed by atoms with Crippen molar-refractivity contribution >= 4 is 11.5 Å². The monoisotopic (exact) mass is 191 g/mol. The van der Waals surface area contributed by atoms with Crippen molar-refractivity contribution in [3.8, 4) is 0 Å². The van der Waals surface area contributed by atoms with Crippen molar-refractivity contribution in [2.45, 2.75) is 20.3 Å². The molecular weight excluding hydrogens is 174 g/mol. The Bertz CT molecular complexity index is 320. The molecule has 0 spiro atoms. The van der Waals surface area contributed by atoms with Gasteiger partial charge in [-0.3, -0.25) is 4.79 Å². The van der Waals surface area contributed by atoms with Gasteiger partial charge >= 0.3 is 0 Å². The molecule has 0 atom stereocenters. The Labute approximate surface area is 85.5 Å². The predicted molar refractivity (Wildman–Crippen MR) is 60.0 cm³/mol. The van der Waals surface area contributed by atoms with Gasteiger partial charge in [-0.25, -0.2) is 0 Å². The van der Waals surface area contributed by atoms with E-state index in [0.717, 1.165) is 24.2 Å². The van der Waals surface area contributed by atoms with Crippen molar-refractivity contribution in [3.05, 3.63) is 29.8 Å². The molecule has 1 rings (SSSR count). The summed E-state index contributed by atoms with van der Waals surface area (Å²) in [6, 6.07) is 7.74. The number of ketones is 1. The zero-order chi connectivity index (χ0) is 10.6. The number of benzene rings is 1. The van der Waals surface area contributed by atoms with E-state index in [1.54, 1.807) is 6.92 Å². The average Bonchev–Trinajstić information content (AvgIpc) is 2.18. The Balaban J connectivity index is 3.00. The predicted octanol–water partition coefficient (Wildman–Crippen LogP) is 2.74. The Morgan fingerprint density at radius 3 is 2.57 bits per heavy atom. The van der Waals surface area contributed by atoms with E-state index < -0.39 is 0 Å². The van der Waals surface area contributed by atoms with E-state index in [0.29, 0.717) is 0 Å². The third kappa shape index (κ3) is 2.34. The van der Waals surface area contributed by atoms with Crippen molar-refractivity contribution in [3.63, 3.8) is 0 Å². The zero-order valence-corrected chi connectivity index (χ0v) is 9.08. The molecule has 0 aliphatic carbocycles. The van der Waals surface area contributed by atoms with Crippen LogP contribution in [0.1, 0.15) is 30.6 Å². The highest BCUT2D eigenvalue weighted by atomic mass is 16.1. The fraction of sp³-hybridized carbons (Fsp3) is 0.417. The second kappa shape index (κ2) is 4.80. The number of carbonyl (C=O) groups excluding carboxylic acids is 1. The minimum absolute atomic E-state index is 0.128. The Hall–Kier alpha value is -1.31. The molecule has 14 heavy (non-hydrogen) atoms. The lowest BCUT2D eigenvalue weighted by molar-refractivity contribution is 0.101. The van der Waals surface area contributed by atoms with Crippen molar-refractivity contribution in [1.29, 1.82) is 0 Å². The van der Waals surface area contributed by atoms with Gasteiger partial charge in [-0.1, -0.05) is 19.1 Å². The van der Waals surface area contributed by atoms with Crippen LogP contribution in [-0.4, -0.2) is 19.4 Å². The lowest BCUT2D eigenvalue weighted by Gasteiger charge is -2.20. The summed E-state index contributed by atoms with van der Waals surface area (Å²) in [5, 5.41) is 0. The third-order valence-corrected chi connectivity index (χ3v) is 2.25. The van der Waals surface area contributed by atoms with Crippen LogP contribution in [0.15, 0.2) is 24.3 Å².